The smallest absolute Gasteiger partial charge is 0.194 e. The van der Waals surface area contributed by atoms with E-state index in [2.05, 4.69) is 49.6 Å². The van der Waals surface area contributed by atoms with Crippen molar-refractivity contribution >= 4 is 29.9 Å². The van der Waals surface area contributed by atoms with E-state index in [4.69, 9.17) is 9.73 Å². The summed E-state index contributed by atoms with van der Waals surface area (Å²) in [5.74, 6) is 2.78. The number of halogens is 1. The molecule has 1 aromatic heterocycles. The Kier molecular flexibility index (Phi) is 8.46. The minimum absolute atomic E-state index is 0. The second-order valence-corrected chi connectivity index (χ2v) is 7.74. The zero-order valence-electron chi connectivity index (χ0n) is 17.8. The Morgan fingerprint density at radius 1 is 1.17 bits per heavy atom. The van der Waals surface area contributed by atoms with Crippen LogP contribution in [-0.4, -0.2) is 76.0 Å². The molecule has 2 aromatic rings. The fourth-order valence-corrected chi connectivity index (χ4v) is 3.96. The Labute approximate surface area is 195 Å². The maximum absolute atomic E-state index is 5.52. The Balaban J connectivity index is 0.00000256. The standard InChI is InChI=1S/C21H31N7O.HI/c1-17-24-25-20(26(17)2)15-23-21(22-14-18-6-4-3-5-7-18)28-9-8-19(16-28)27-10-12-29-13-11-27;/h3-7,19H,8-16H2,1-2H3,(H,22,23);1H. The van der Waals surface area contributed by atoms with Gasteiger partial charge in [0.15, 0.2) is 11.8 Å². The molecule has 2 fully saturated rings. The number of aryl methyl sites for hydroxylation is 1. The third-order valence-corrected chi connectivity index (χ3v) is 5.87. The monoisotopic (exact) mass is 525 g/mol. The predicted octanol–water partition coefficient (Wildman–Crippen LogP) is 1.79. The van der Waals surface area contributed by atoms with Gasteiger partial charge in [-0.05, 0) is 18.9 Å². The number of morpholine rings is 1. The van der Waals surface area contributed by atoms with Crippen molar-refractivity contribution in [3.05, 3.63) is 47.5 Å². The van der Waals surface area contributed by atoms with Crippen molar-refractivity contribution in [3.8, 4) is 0 Å². The van der Waals surface area contributed by atoms with Crippen molar-refractivity contribution in [2.45, 2.75) is 32.5 Å². The van der Waals surface area contributed by atoms with E-state index < -0.39 is 0 Å². The average molecular weight is 525 g/mol. The lowest BCUT2D eigenvalue weighted by molar-refractivity contribution is 0.0195. The van der Waals surface area contributed by atoms with Crippen molar-refractivity contribution in [2.75, 3.05) is 39.4 Å². The van der Waals surface area contributed by atoms with E-state index in [1.54, 1.807) is 0 Å². The maximum atomic E-state index is 5.52. The van der Waals surface area contributed by atoms with Crippen LogP contribution < -0.4 is 5.32 Å². The number of guanidine groups is 1. The number of likely N-dealkylation sites (tertiary alicyclic amines) is 1. The van der Waals surface area contributed by atoms with Crippen molar-refractivity contribution in [2.24, 2.45) is 12.0 Å². The molecule has 0 aliphatic carbocycles. The van der Waals surface area contributed by atoms with Gasteiger partial charge in [-0.15, -0.1) is 34.2 Å². The zero-order valence-corrected chi connectivity index (χ0v) is 20.2. The number of hydrogen-bond donors (Lipinski definition) is 1. The molecular formula is C21H32IN7O. The first-order valence-corrected chi connectivity index (χ1v) is 10.4. The van der Waals surface area contributed by atoms with Crippen LogP contribution in [0.15, 0.2) is 35.3 Å². The zero-order chi connectivity index (χ0) is 20.1. The van der Waals surface area contributed by atoms with Crippen LogP contribution in [-0.2, 0) is 24.9 Å². The second-order valence-electron chi connectivity index (χ2n) is 7.74. The van der Waals surface area contributed by atoms with Crippen molar-refractivity contribution in [3.63, 3.8) is 0 Å². The van der Waals surface area contributed by atoms with E-state index in [1.807, 2.05) is 24.6 Å². The molecule has 4 rings (SSSR count). The number of benzene rings is 1. The second kappa shape index (κ2) is 11.1. The maximum Gasteiger partial charge on any atom is 0.194 e. The van der Waals surface area contributed by atoms with Gasteiger partial charge in [0.25, 0.3) is 0 Å². The third-order valence-electron chi connectivity index (χ3n) is 5.87. The molecular weight excluding hydrogens is 493 g/mol. The Bertz CT molecular complexity index is 820. The highest BCUT2D eigenvalue weighted by atomic mass is 127. The van der Waals surface area contributed by atoms with Crippen LogP contribution in [0, 0.1) is 6.92 Å². The summed E-state index contributed by atoms with van der Waals surface area (Å²) < 4.78 is 7.53. The molecule has 30 heavy (non-hydrogen) atoms. The van der Waals surface area contributed by atoms with E-state index in [-0.39, 0.29) is 24.0 Å². The summed E-state index contributed by atoms with van der Waals surface area (Å²) in [5, 5.41) is 12.0. The van der Waals surface area contributed by atoms with Crippen molar-refractivity contribution in [1.82, 2.24) is 29.9 Å². The number of rotatable bonds is 5. The summed E-state index contributed by atoms with van der Waals surface area (Å²) in [4.78, 5) is 9.88. The quantitative estimate of drug-likeness (QED) is 0.365. The summed E-state index contributed by atoms with van der Waals surface area (Å²) >= 11 is 0. The molecule has 0 bridgehead atoms. The third kappa shape index (κ3) is 5.70. The normalized spacial score (nSPS) is 20.3. The van der Waals surface area contributed by atoms with Crippen LogP contribution in [0.2, 0.25) is 0 Å². The summed E-state index contributed by atoms with van der Waals surface area (Å²) in [6.07, 6.45) is 1.16. The number of ether oxygens (including phenoxy) is 1. The van der Waals surface area contributed by atoms with Crippen LogP contribution in [0.25, 0.3) is 0 Å². The fourth-order valence-electron chi connectivity index (χ4n) is 3.96. The van der Waals surface area contributed by atoms with Gasteiger partial charge in [0.05, 0.1) is 26.3 Å². The summed E-state index contributed by atoms with van der Waals surface area (Å²) in [5.41, 5.74) is 1.21. The van der Waals surface area contributed by atoms with E-state index >= 15 is 0 Å². The largest absolute Gasteiger partial charge is 0.379 e. The van der Waals surface area contributed by atoms with Crippen LogP contribution in [0.1, 0.15) is 23.6 Å². The molecule has 164 valence electrons. The Hall–Kier alpha value is -1.72. The molecule has 2 saturated heterocycles. The van der Waals surface area contributed by atoms with Gasteiger partial charge in [0.2, 0.25) is 0 Å². The van der Waals surface area contributed by atoms with Crippen molar-refractivity contribution < 1.29 is 4.74 Å². The highest BCUT2D eigenvalue weighted by Crippen LogP contribution is 2.17. The minimum atomic E-state index is 0. The van der Waals surface area contributed by atoms with Gasteiger partial charge in [0, 0.05) is 39.3 Å². The summed E-state index contributed by atoms with van der Waals surface area (Å²) in [7, 11) is 2.00. The lowest BCUT2D eigenvalue weighted by Gasteiger charge is -2.32. The Morgan fingerprint density at radius 2 is 1.93 bits per heavy atom. The van der Waals surface area contributed by atoms with E-state index in [0.29, 0.717) is 19.1 Å². The molecule has 2 aliphatic heterocycles. The molecule has 0 spiro atoms. The van der Waals surface area contributed by atoms with Gasteiger partial charge in [-0.3, -0.25) is 4.90 Å². The molecule has 0 radical (unpaired) electrons. The number of nitrogens with zero attached hydrogens (tertiary/aromatic N) is 6. The van der Waals surface area contributed by atoms with Crippen LogP contribution >= 0.6 is 24.0 Å². The lowest BCUT2D eigenvalue weighted by atomic mass is 10.2. The van der Waals surface area contributed by atoms with Crippen molar-refractivity contribution in [1.29, 1.82) is 0 Å². The molecule has 9 heteroatoms. The van der Waals surface area contributed by atoms with E-state index in [1.165, 1.54) is 5.56 Å². The van der Waals surface area contributed by atoms with Gasteiger partial charge in [-0.25, -0.2) is 4.99 Å². The van der Waals surface area contributed by atoms with E-state index in [9.17, 15) is 0 Å². The molecule has 1 aromatic carbocycles. The molecule has 1 N–H and O–H groups in total. The fraction of sp³-hybridized carbons (Fsp3) is 0.571. The predicted molar refractivity (Wildman–Crippen MR) is 128 cm³/mol. The molecule has 2 aliphatic rings. The SMILES string of the molecule is Cc1nnc(CNC(=NCc2ccccc2)N2CCC(N3CCOCC3)C2)n1C.I. The average Bonchev–Trinajstić information content (AvgIpc) is 3.38. The number of nitrogens with one attached hydrogen (secondary N) is 1. The minimum Gasteiger partial charge on any atom is -0.379 e. The van der Waals surface area contributed by atoms with Crippen LogP contribution in [0.4, 0.5) is 0 Å². The van der Waals surface area contributed by atoms with Crippen LogP contribution in [0.5, 0.6) is 0 Å². The summed E-state index contributed by atoms with van der Waals surface area (Å²) in [6.45, 7) is 9.00. The van der Waals surface area contributed by atoms with E-state index in [0.717, 1.165) is 63.4 Å². The van der Waals surface area contributed by atoms with Gasteiger partial charge in [-0.1, -0.05) is 30.3 Å². The first kappa shape index (κ1) is 23.0. The molecule has 1 unspecified atom stereocenters. The lowest BCUT2D eigenvalue weighted by Crippen LogP contribution is -2.46. The molecule has 8 nitrogen and oxygen atoms in total. The first-order valence-electron chi connectivity index (χ1n) is 10.4. The van der Waals surface area contributed by atoms with Gasteiger partial charge in [-0.2, -0.15) is 0 Å². The highest BCUT2D eigenvalue weighted by molar-refractivity contribution is 14.0. The highest BCUT2D eigenvalue weighted by Gasteiger charge is 2.30. The first-order chi connectivity index (χ1) is 14.2. The molecule has 3 heterocycles. The van der Waals surface area contributed by atoms with Gasteiger partial charge in [0.1, 0.15) is 5.82 Å². The van der Waals surface area contributed by atoms with Gasteiger partial charge < -0.3 is 19.5 Å². The summed E-state index contributed by atoms with van der Waals surface area (Å²) in [6, 6.07) is 11.0. The Morgan fingerprint density at radius 3 is 2.63 bits per heavy atom. The van der Waals surface area contributed by atoms with Gasteiger partial charge >= 0.3 is 0 Å². The molecule has 0 amide bonds. The topological polar surface area (TPSA) is 70.8 Å². The molecule has 0 saturated carbocycles. The molecule has 1 atom stereocenters. The number of aliphatic imine (C=N–C) groups is 1. The number of aromatic nitrogens is 3. The van der Waals surface area contributed by atoms with Crippen LogP contribution in [0.3, 0.4) is 0 Å². The number of hydrogen-bond acceptors (Lipinski definition) is 5.